The van der Waals surface area contributed by atoms with Crippen molar-refractivity contribution in [2.24, 2.45) is 27.6 Å². The molecule has 1 aliphatic heterocycles. The molecule has 1 atom stereocenters. The Morgan fingerprint density at radius 1 is 1.16 bits per heavy atom. The van der Waals surface area contributed by atoms with E-state index >= 15 is 0 Å². The normalized spacial score (nSPS) is 16.6. The summed E-state index contributed by atoms with van der Waals surface area (Å²) in [5, 5.41) is 9.57. The number of hydrogen-bond acceptors (Lipinski definition) is 7. The molecule has 5 N–H and O–H groups in total. The molecule has 1 fully saturated rings. The number of nitrogen functional groups attached to an aromatic ring is 1. The summed E-state index contributed by atoms with van der Waals surface area (Å²) in [6.07, 6.45) is 2.96. The Morgan fingerprint density at radius 2 is 1.89 bits per heavy atom. The average molecular weight is 601 g/mol. The number of nitrogens with zero attached hydrogens (tertiary/aromatic N) is 4. The first-order chi connectivity index (χ1) is 20.9. The number of aromatic nitrogens is 1. The summed E-state index contributed by atoms with van der Waals surface area (Å²) in [6.45, 7) is 12.5. The van der Waals surface area contributed by atoms with Crippen LogP contribution in [0, 0.1) is 18.8 Å². The summed E-state index contributed by atoms with van der Waals surface area (Å²) in [7, 11) is 0. The Hall–Kier alpha value is -4.53. The van der Waals surface area contributed by atoms with Crippen LogP contribution in [0.15, 0.2) is 88.6 Å². The van der Waals surface area contributed by atoms with Gasteiger partial charge in [-0.1, -0.05) is 62.9 Å². The highest BCUT2D eigenvalue weighted by Crippen LogP contribution is 2.32. The van der Waals surface area contributed by atoms with Gasteiger partial charge < -0.3 is 21.5 Å². The number of aryl methyl sites for hydroxylation is 1. The molecular weight excluding hydrogens is 558 g/mol. The minimum atomic E-state index is -3.12. The van der Waals surface area contributed by atoms with Gasteiger partial charge >= 0.3 is 0 Å². The fourth-order valence-corrected chi connectivity index (χ4v) is 5.67. The zero-order valence-electron chi connectivity index (χ0n) is 25.9. The number of aliphatic imine (C=N–C) groups is 2. The summed E-state index contributed by atoms with van der Waals surface area (Å²) in [6, 6.07) is 16.8. The molecule has 1 aromatic heterocycles. The van der Waals surface area contributed by atoms with E-state index in [2.05, 4.69) is 16.5 Å². The van der Waals surface area contributed by atoms with E-state index in [1.165, 1.54) is 18.3 Å². The van der Waals surface area contributed by atoms with E-state index in [-0.39, 0.29) is 17.2 Å². The van der Waals surface area contributed by atoms with Crippen LogP contribution in [0.2, 0.25) is 0 Å². The fourth-order valence-electron chi connectivity index (χ4n) is 5.67. The Bertz CT molecular complexity index is 1580. The predicted octanol–water partition coefficient (Wildman–Crippen LogP) is 7.59. The maximum absolute atomic E-state index is 14.8. The molecule has 0 spiro atoms. The van der Waals surface area contributed by atoms with Crippen LogP contribution < -0.4 is 16.4 Å². The molecule has 0 saturated carbocycles. The number of nitrogens with two attached hydrogens (primary N) is 2. The lowest BCUT2D eigenvalue weighted by atomic mass is 9.91. The van der Waals surface area contributed by atoms with Gasteiger partial charge in [0, 0.05) is 59.5 Å². The second-order valence-corrected chi connectivity index (χ2v) is 11.7. The van der Waals surface area contributed by atoms with Gasteiger partial charge in [-0.05, 0) is 55.9 Å². The van der Waals surface area contributed by atoms with Gasteiger partial charge in [-0.15, -0.1) is 0 Å². The molecule has 4 rings (SSSR count). The third-order valence-electron chi connectivity index (χ3n) is 7.86. The van der Waals surface area contributed by atoms with Gasteiger partial charge in [-0.2, -0.15) is 8.78 Å². The van der Waals surface area contributed by atoms with Crippen LogP contribution >= 0.6 is 0 Å². The number of halogens is 2. The molecule has 7 nitrogen and oxygen atoms in total. The highest BCUT2D eigenvalue weighted by Gasteiger charge is 2.30. The van der Waals surface area contributed by atoms with E-state index in [1.807, 2.05) is 45.9 Å². The maximum Gasteiger partial charge on any atom is 0.292 e. The van der Waals surface area contributed by atoms with Crippen LogP contribution in [0.1, 0.15) is 56.0 Å². The van der Waals surface area contributed by atoms with Crippen molar-refractivity contribution in [2.45, 2.75) is 46.5 Å². The van der Waals surface area contributed by atoms with Crippen molar-refractivity contribution in [3.05, 3.63) is 101 Å². The highest BCUT2D eigenvalue weighted by molar-refractivity contribution is 6.07. The monoisotopic (exact) mass is 600 g/mol. The van der Waals surface area contributed by atoms with Crippen LogP contribution in [0.5, 0.6) is 0 Å². The van der Waals surface area contributed by atoms with Crippen molar-refractivity contribution in [1.82, 2.24) is 4.98 Å². The summed E-state index contributed by atoms with van der Waals surface area (Å²) >= 11 is 0. The number of benzene rings is 2. The van der Waals surface area contributed by atoms with E-state index in [9.17, 15) is 13.9 Å². The van der Waals surface area contributed by atoms with Crippen molar-refractivity contribution < 1.29 is 13.9 Å². The predicted molar refractivity (Wildman–Crippen MR) is 178 cm³/mol. The van der Waals surface area contributed by atoms with E-state index in [0.717, 1.165) is 48.0 Å². The Kier molecular flexibility index (Phi) is 10.2. The van der Waals surface area contributed by atoms with Gasteiger partial charge in [0.15, 0.2) is 0 Å². The van der Waals surface area contributed by atoms with Crippen molar-refractivity contribution in [3.63, 3.8) is 0 Å². The van der Waals surface area contributed by atoms with Crippen LogP contribution in [0.3, 0.4) is 0 Å². The summed E-state index contributed by atoms with van der Waals surface area (Å²) < 4.78 is 29.5. The molecule has 2 aromatic carbocycles. The summed E-state index contributed by atoms with van der Waals surface area (Å²) in [5.41, 5.74) is 18.0. The Labute approximate surface area is 258 Å². The van der Waals surface area contributed by atoms with Crippen molar-refractivity contribution in [2.75, 3.05) is 30.3 Å². The van der Waals surface area contributed by atoms with Crippen molar-refractivity contribution >= 4 is 34.8 Å². The topological polar surface area (TPSA) is 113 Å². The number of rotatable bonds is 11. The van der Waals surface area contributed by atoms with E-state index in [0.29, 0.717) is 34.9 Å². The number of hydrogen-bond donors (Lipinski definition) is 3. The number of anilines is 2. The van der Waals surface area contributed by atoms with Gasteiger partial charge in [0.1, 0.15) is 12.4 Å². The van der Waals surface area contributed by atoms with Gasteiger partial charge in [0.25, 0.3) is 5.92 Å². The number of allylic oxidation sites excluding steroid dienone is 2. The molecule has 2 heterocycles. The van der Waals surface area contributed by atoms with E-state index in [4.69, 9.17) is 21.4 Å². The largest absolute Gasteiger partial charge is 0.513 e. The molecule has 232 valence electrons. The van der Waals surface area contributed by atoms with E-state index in [1.54, 1.807) is 30.3 Å². The fraction of sp³-hybridized carbons (Fsp3) is 0.343. The number of aliphatic hydroxyl groups excluding tert-OH is 1. The third kappa shape index (κ3) is 7.70. The molecule has 1 aliphatic rings. The van der Waals surface area contributed by atoms with Gasteiger partial charge in [-0.25, -0.2) is 4.98 Å². The zero-order valence-corrected chi connectivity index (χ0v) is 25.9. The quantitative estimate of drug-likeness (QED) is 0.119. The molecular formula is C35H42F2N6O. The minimum Gasteiger partial charge on any atom is -0.513 e. The smallest absolute Gasteiger partial charge is 0.292 e. The average Bonchev–Trinajstić information content (AvgIpc) is 3.43. The Balaban J connectivity index is 1.62. The molecule has 0 bridgehead atoms. The van der Waals surface area contributed by atoms with Gasteiger partial charge in [-0.3, -0.25) is 9.98 Å². The zero-order chi connectivity index (χ0) is 32.0. The van der Waals surface area contributed by atoms with Crippen LogP contribution in [0.25, 0.3) is 5.70 Å². The van der Waals surface area contributed by atoms with Crippen LogP contribution in [-0.2, 0) is 5.92 Å². The maximum atomic E-state index is 14.8. The minimum absolute atomic E-state index is 0.00253. The summed E-state index contributed by atoms with van der Waals surface area (Å²) in [4.78, 5) is 16.0. The molecule has 0 radical (unpaired) electrons. The molecule has 1 unspecified atom stereocenters. The first kappa shape index (κ1) is 32.4. The molecule has 1 saturated heterocycles. The third-order valence-corrected chi connectivity index (χ3v) is 7.86. The Morgan fingerprint density at radius 3 is 2.55 bits per heavy atom. The number of pyridine rings is 1. The first-order valence-electron chi connectivity index (χ1n) is 14.8. The number of alkyl halides is 2. The molecule has 0 aliphatic carbocycles. The van der Waals surface area contributed by atoms with E-state index < -0.39 is 12.5 Å². The second kappa shape index (κ2) is 13.8. The highest BCUT2D eigenvalue weighted by atomic mass is 19.3. The molecule has 44 heavy (non-hydrogen) atoms. The van der Waals surface area contributed by atoms with Gasteiger partial charge in [0.05, 0.1) is 17.1 Å². The van der Waals surface area contributed by atoms with Crippen LogP contribution in [-0.4, -0.2) is 41.7 Å². The lowest BCUT2D eigenvalue weighted by Crippen LogP contribution is -2.21. The van der Waals surface area contributed by atoms with Crippen LogP contribution in [0.4, 0.5) is 26.0 Å². The lowest BCUT2D eigenvalue weighted by molar-refractivity contribution is 0.00668. The summed E-state index contributed by atoms with van der Waals surface area (Å²) in [5.74, 6) is -1.66. The molecule has 9 heteroatoms. The van der Waals surface area contributed by atoms with Crippen molar-refractivity contribution in [3.8, 4) is 0 Å². The standard InChI is InChI=1S/C35H42F2N6O/c1-22(2)33(25(5)41-31-14-15-32(42-24(31)4)43-17-16-26(20-43)18-23(3)44)34(39)28-12-9-13-30(38)29(28)19-40-21-35(36,37)27-10-7-6-8-11-27/h6-15,19,22,26,44H,3,16-18,20-21,38-39H2,1-2,4-5H3/b34-33-,40-19?,41-25?. The molecule has 0 amide bonds. The first-order valence-corrected chi connectivity index (χ1v) is 14.8. The number of aliphatic hydroxyl groups is 1. The lowest BCUT2D eigenvalue weighted by Gasteiger charge is -2.20. The van der Waals surface area contributed by atoms with Crippen molar-refractivity contribution in [1.29, 1.82) is 0 Å². The molecule has 3 aromatic rings. The van der Waals surface area contributed by atoms with Gasteiger partial charge in [0.2, 0.25) is 0 Å². The second-order valence-electron chi connectivity index (χ2n) is 11.7. The SMILES string of the molecule is C=C(O)CC1CCN(c2ccc(N=C(C)/C(=C(\N)c3cccc(N)c3C=NCC(F)(F)c3ccccc3)C(C)C)c(C)n2)C1.